The number of halogens is 1. The first kappa shape index (κ1) is 20.2. The van der Waals surface area contributed by atoms with E-state index in [1.54, 1.807) is 26.0 Å². The number of nitrogens with one attached hydrogen (secondary N) is 1. The van der Waals surface area contributed by atoms with Crippen molar-refractivity contribution < 1.29 is 13.7 Å². The van der Waals surface area contributed by atoms with Gasteiger partial charge in [-0.15, -0.1) is 0 Å². The second kappa shape index (κ2) is 8.35. The lowest BCUT2D eigenvalue weighted by Crippen LogP contribution is -2.30. The number of hydrogen-bond donors (Lipinski definition) is 1. The minimum Gasteiger partial charge on any atom is -0.333 e. The largest absolute Gasteiger partial charge is 0.333 e. The first-order chi connectivity index (χ1) is 14.9. The monoisotopic (exact) mass is 418 g/mol. The summed E-state index contributed by atoms with van der Waals surface area (Å²) < 4.78 is 20.0. The summed E-state index contributed by atoms with van der Waals surface area (Å²) in [4.78, 5) is 30.0. The molecule has 0 atom stereocenters. The molecule has 0 unspecified atom stereocenters. The fraction of sp³-hybridized carbons (Fsp3) is 0.130. The molecule has 4 aromatic rings. The molecule has 0 spiro atoms. The number of carbonyl (C=O) groups is 1. The van der Waals surface area contributed by atoms with Gasteiger partial charge in [0, 0.05) is 16.9 Å². The molecular formula is C23H19FN4O3. The molecule has 156 valence electrons. The summed E-state index contributed by atoms with van der Waals surface area (Å²) in [6, 6.07) is 16.6. The standard InChI is InChI=1S/C23H19FN4O3/c1-14-11-15(2)28(13-19(29)25-18-10-6-9-17(24)12-18)23(30)20(14)22-26-21(27-31-22)16-7-4-3-5-8-16/h3-12H,13H2,1-2H3,(H,25,29). The van der Waals surface area contributed by atoms with Gasteiger partial charge in [-0.05, 0) is 43.7 Å². The van der Waals surface area contributed by atoms with Gasteiger partial charge in [-0.2, -0.15) is 4.98 Å². The molecule has 0 saturated heterocycles. The Morgan fingerprint density at radius 2 is 1.87 bits per heavy atom. The number of amides is 1. The highest BCUT2D eigenvalue weighted by atomic mass is 19.1. The molecule has 2 heterocycles. The highest BCUT2D eigenvalue weighted by Gasteiger charge is 2.20. The van der Waals surface area contributed by atoms with Crippen molar-refractivity contribution in [3.63, 3.8) is 0 Å². The third-order valence-corrected chi connectivity index (χ3v) is 4.79. The van der Waals surface area contributed by atoms with E-state index in [0.29, 0.717) is 22.8 Å². The van der Waals surface area contributed by atoms with Crippen molar-refractivity contribution in [2.45, 2.75) is 20.4 Å². The van der Waals surface area contributed by atoms with Crippen molar-refractivity contribution in [1.82, 2.24) is 14.7 Å². The molecule has 8 heteroatoms. The summed E-state index contributed by atoms with van der Waals surface area (Å²) in [7, 11) is 0. The highest BCUT2D eigenvalue weighted by Crippen LogP contribution is 2.23. The highest BCUT2D eigenvalue weighted by molar-refractivity contribution is 5.90. The number of anilines is 1. The van der Waals surface area contributed by atoms with Crippen LogP contribution in [0.4, 0.5) is 10.1 Å². The van der Waals surface area contributed by atoms with Gasteiger partial charge in [-0.3, -0.25) is 9.59 Å². The molecule has 0 aliphatic rings. The van der Waals surface area contributed by atoms with Gasteiger partial charge in [0.2, 0.25) is 11.7 Å². The number of nitrogens with zero attached hydrogens (tertiary/aromatic N) is 3. The van der Waals surface area contributed by atoms with Crippen LogP contribution in [-0.2, 0) is 11.3 Å². The van der Waals surface area contributed by atoms with E-state index in [1.807, 2.05) is 30.3 Å². The van der Waals surface area contributed by atoms with Crippen molar-refractivity contribution in [3.05, 3.63) is 88.1 Å². The number of carbonyl (C=O) groups excluding carboxylic acids is 1. The van der Waals surface area contributed by atoms with Crippen LogP contribution in [0.15, 0.2) is 70.0 Å². The van der Waals surface area contributed by atoms with Gasteiger partial charge in [0.05, 0.1) is 0 Å². The van der Waals surface area contributed by atoms with Gasteiger partial charge < -0.3 is 14.4 Å². The maximum absolute atomic E-state index is 13.4. The fourth-order valence-corrected chi connectivity index (χ4v) is 3.32. The minimum atomic E-state index is -0.464. The molecule has 0 fully saturated rings. The van der Waals surface area contributed by atoms with Gasteiger partial charge in [-0.25, -0.2) is 4.39 Å². The maximum atomic E-state index is 13.4. The lowest BCUT2D eigenvalue weighted by molar-refractivity contribution is -0.116. The molecule has 0 bridgehead atoms. The zero-order chi connectivity index (χ0) is 22.0. The summed E-state index contributed by atoms with van der Waals surface area (Å²) in [5.74, 6) is -0.471. The summed E-state index contributed by atoms with van der Waals surface area (Å²) in [5.41, 5.74) is 2.15. The van der Waals surface area contributed by atoms with Gasteiger partial charge >= 0.3 is 0 Å². The molecule has 0 saturated carbocycles. The lowest BCUT2D eigenvalue weighted by atomic mass is 10.1. The Bertz CT molecular complexity index is 1310. The van der Waals surface area contributed by atoms with E-state index in [4.69, 9.17) is 4.52 Å². The Morgan fingerprint density at radius 1 is 1.10 bits per heavy atom. The lowest BCUT2D eigenvalue weighted by Gasteiger charge is -2.13. The predicted octanol–water partition coefficient (Wildman–Crippen LogP) is 3.96. The van der Waals surface area contributed by atoms with E-state index in [1.165, 1.54) is 22.8 Å². The smallest absolute Gasteiger partial charge is 0.264 e. The van der Waals surface area contributed by atoms with E-state index in [2.05, 4.69) is 15.5 Å². The quantitative estimate of drug-likeness (QED) is 0.530. The van der Waals surface area contributed by atoms with Crippen molar-refractivity contribution >= 4 is 11.6 Å². The second-order valence-electron chi connectivity index (χ2n) is 7.08. The third-order valence-electron chi connectivity index (χ3n) is 4.79. The van der Waals surface area contributed by atoms with E-state index >= 15 is 0 Å². The summed E-state index contributed by atoms with van der Waals surface area (Å²) in [6.45, 7) is 3.26. The van der Waals surface area contributed by atoms with Gasteiger partial charge in [0.1, 0.15) is 17.9 Å². The SMILES string of the molecule is Cc1cc(C)n(CC(=O)Nc2cccc(F)c2)c(=O)c1-c1nc(-c2ccccc2)no1. The van der Waals surface area contributed by atoms with Crippen molar-refractivity contribution in [1.29, 1.82) is 0 Å². The minimum absolute atomic E-state index is 0.0839. The van der Waals surface area contributed by atoms with Crippen LogP contribution >= 0.6 is 0 Å². The number of benzene rings is 2. The van der Waals surface area contributed by atoms with E-state index in [9.17, 15) is 14.0 Å². The Labute approximate surface area is 177 Å². The first-order valence-corrected chi connectivity index (χ1v) is 9.58. The Kier molecular flexibility index (Phi) is 5.44. The number of hydrogen-bond acceptors (Lipinski definition) is 5. The molecule has 1 N–H and O–H groups in total. The summed E-state index contributed by atoms with van der Waals surface area (Å²) in [6.07, 6.45) is 0. The van der Waals surface area contributed by atoms with Crippen LogP contribution in [0.5, 0.6) is 0 Å². The number of aryl methyl sites for hydroxylation is 2. The van der Waals surface area contributed by atoms with E-state index < -0.39 is 17.3 Å². The summed E-state index contributed by atoms with van der Waals surface area (Å²) in [5, 5.41) is 6.57. The number of aromatic nitrogens is 3. The zero-order valence-corrected chi connectivity index (χ0v) is 16.9. The van der Waals surface area contributed by atoms with E-state index in [-0.39, 0.29) is 18.0 Å². The van der Waals surface area contributed by atoms with Crippen LogP contribution in [0.2, 0.25) is 0 Å². The fourth-order valence-electron chi connectivity index (χ4n) is 3.32. The average molecular weight is 418 g/mol. The predicted molar refractivity (Wildman–Crippen MR) is 114 cm³/mol. The van der Waals surface area contributed by atoms with Gasteiger partial charge in [0.25, 0.3) is 11.4 Å². The maximum Gasteiger partial charge on any atom is 0.264 e. The van der Waals surface area contributed by atoms with Crippen molar-refractivity contribution in [2.24, 2.45) is 0 Å². The Balaban J connectivity index is 1.65. The number of pyridine rings is 1. The van der Waals surface area contributed by atoms with Crippen LogP contribution in [0, 0.1) is 19.7 Å². The van der Waals surface area contributed by atoms with Crippen molar-refractivity contribution in [3.8, 4) is 22.8 Å². The molecule has 2 aromatic heterocycles. The summed E-state index contributed by atoms with van der Waals surface area (Å²) >= 11 is 0. The average Bonchev–Trinajstić information content (AvgIpc) is 3.21. The number of rotatable bonds is 5. The molecule has 31 heavy (non-hydrogen) atoms. The molecule has 0 aliphatic heterocycles. The molecule has 0 aliphatic carbocycles. The second-order valence-corrected chi connectivity index (χ2v) is 7.08. The van der Waals surface area contributed by atoms with Crippen LogP contribution < -0.4 is 10.9 Å². The van der Waals surface area contributed by atoms with Gasteiger partial charge in [0.15, 0.2) is 0 Å². The third kappa shape index (κ3) is 4.28. The Morgan fingerprint density at radius 3 is 2.61 bits per heavy atom. The van der Waals surface area contributed by atoms with E-state index in [0.717, 1.165) is 5.56 Å². The normalized spacial score (nSPS) is 10.8. The van der Waals surface area contributed by atoms with Crippen molar-refractivity contribution in [2.75, 3.05) is 5.32 Å². The molecular weight excluding hydrogens is 399 g/mol. The van der Waals surface area contributed by atoms with Crippen LogP contribution in [-0.4, -0.2) is 20.6 Å². The molecule has 1 amide bonds. The molecule has 7 nitrogen and oxygen atoms in total. The Hall–Kier alpha value is -4.07. The molecule has 2 aromatic carbocycles. The van der Waals surface area contributed by atoms with Crippen LogP contribution in [0.25, 0.3) is 22.8 Å². The van der Waals surface area contributed by atoms with Gasteiger partial charge in [-0.1, -0.05) is 41.6 Å². The zero-order valence-electron chi connectivity index (χ0n) is 16.9. The molecule has 4 rings (SSSR count). The topological polar surface area (TPSA) is 90.0 Å². The first-order valence-electron chi connectivity index (χ1n) is 9.58. The van der Waals surface area contributed by atoms with Crippen LogP contribution in [0.3, 0.4) is 0 Å². The molecule has 0 radical (unpaired) electrons. The van der Waals surface area contributed by atoms with Crippen LogP contribution in [0.1, 0.15) is 11.3 Å².